The molecule has 20 heavy (non-hydrogen) atoms. The van der Waals surface area contributed by atoms with E-state index in [1.165, 1.54) is 25.1 Å². The van der Waals surface area contributed by atoms with Crippen LogP contribution < -0.4 is 5.32 Å². The molecule has 0 amide bonds. The highest BCUT2D eigenvalue weighted by molar-refractivity contribution is 5.33. The van der Waals surface area contributed by atoms with E-state index in [9.17, 15) is 0 Å². The topological polar surface area (TPSA) is 33.1 Å². The van der Waals surface area contributed by atoms with Crippen LogP contribution in [0.4, 0.5) is 0 Å². The fourth-order valence-corrected chi connectivity index (χ4v) is 2.95. The molecule has 0 saturated carbocycles. The molecule has 1 saturated heterocycles. The molecule has 1 atom stereocenters. The first-order valence-electron chi connectivity index (χ1n) is 7.31. The lowest BCUT2D eigenvalue weighted by molar-refractivity contribution is 0.315. The number of hydrogen-bond acceptors (Lipinski definition) is 3. The molecule has 1 aromatic carbocycles. The number of nitrogens with one attached hydrogen (secondary N) is 1. The van der Waals surface area contributed by atoms with Gasteiger partial charge in [0.05, 0.1) is 5.69 Å². The van der Waals surface area contributed by atoms with Gasteiger partial charge < -0.3 is 5.32 Å². The molecule has 1 unspecified atom stereocenters. The second-order valence-corrected chi connectivity index (χ2v) is 5.56. The zero-order valence-corrected chi connectivity index (χ0v) is 12.0. The maximum absolute atomic E-state index is 4.25. The summed E-state index contributed by atoms with van der Waals surface area (Å²) in [6.45, 7) is 4.61. The van der Waals surface area contributed by atoms with Crippen LogP contribution in [-0.4, -0.2) is 41.4 Å². The van der Waals surface area contributed by atoms with E-state index in [0.29, 0.717) is 0 Å². The van der Waals surface area contributed by atoms with Gasteiger partial charge in [0, 0.05) is 25.5 Å². The smallest absolute Gasteiger partial charge is 0.0645 e. The first kappa shape index (κ1) is 13.3. The lowest BCUT2D eigenvalue weighted by atomic mass is 10.1. The first-order chi connectivity index (χ1) is 9.85. The van der Waals surface area contributed by atoms with Crippen molar-refractivity contribution in [3.63, 3.8) is 0 Å². The van der Waals surface area contributed by atoms with E-state index in [2.05, 4.69) is 39.6 Å². The zero-order valence-electron chi connectivity index (χ0n) is 12.0. The summed E-state index contributed by atoms with van der Waals surface area (Å²) < 4.78 is 1.89. The van der Waals surface area contributed by atoms with Gasteiger partial charge in [-0.25, -0.2) is 4.68 Å². The number of benzene rings is 1. The Morgan fingerprint density at radius 3 is 2.85 bits per heavy atom. The Kier molecular flexibility index (Phi) is 4.14. The Hall–Kier alpha value is -1.65. The number of rotatable bonds is 5. The number of aromatic nitrogens is 2. The van der Waals surface area contributed by atoms with Crippen LogP contribution in [0.25, 0.3) is 5.69 Å². The van der Waals surface area contributed by atoms with Gasteiger partial charge in [0.1, 0.15) is 0 Å². The summed E-state index contributed by atoms with van der Waals surface area (Å²) >= 11 is 0. The van der Waals surface area contributed by atoms with Crippen molar-refractivity contribution < 1.29 is 0 Å². The predicted molar refractivity (Wildman–Crippen MR) is 80.9 cm³/mol. The highest BCUT2D eigenvalue weighted by Gasteiger charge is 2.21. The average Bonchev–Trinajstić information content (AvgIpc) is 3.12. The summed E-state index contributed by atoms with van der Waals surface area (Å²) in [5.41, 5.74) is 2.50. The van der Waals surface area contributed by atoms with Gasteiger partial charge >= 0.3 is 0 Å². The van der Waals surface area contributed by atoms with E-state index in [4.69, 9.17) is 0 Å². The fourth-order valence-electron chi connectivity index (χ4n) is 2.95. The molecule has 106 valence electrons. The Morgan fingerprint density at radius 1 is 1.30 bits per heavy atom. The van der Waals surface area contributed by atoms with Crippen molar-refractivity contribution >= 4 is 0 Å². The minimum Gasteiger partial charge on any atom is -0.319 e. The Labute approximate surface area is 120 Å². The van der Waals surface area contributed by atoms with Crippen LogP contribution in [-0.2, 0) is 6.54 Å². The van der Waals surface area contributed by atoms with E-state index < -0.39 is 0 Å². The Balaban J connectivity index is 1.59. The molecule has 4 nitrogen and oxygen atoms in total. The molecule has 1 aromatic heterocycles. The van der Waals surface area contributed by atoms with Gasteiger partial charge in [0.15, 0.2) is 0 Å². The molecule has 0 bridgehead atoms. The van der Waals surface area contributed by atoms with Crippen LogP contribution in [0.1, 0.15) is 12.0 Å². The Bertz CT molecular complexity index is 518. The minimum absolute atomic E-state index is 0.809. The maximum Gasteiger partial charge on any atom is 0.0645 e. The molecular weight excluding hydrogens is 248 g/mol. The SMILES string of the molecule is CNCC1CCN(Cc2ccc(-n3cccn3)cc2)C1. The zero-order chi connectivity index (χ0) is 13.8. The third-order valence-electron chi connectivity index (χ3n) is 3.97. The molecule has 0 radical (unpaired) electrons. The highest BCUT2D eigenvalue weighted by Crippen LogP contribution is 2.18. The lowest BCUT2D eigenvalue weighted by Gasteiger charge is -2.16. The van der Waals surface area contributed by atoms with Crippen LogP contribution in [0.15, 0.2) is 42.7 Å². The van der Waals surface area contributed by atoms with Gasteiger partial charge in [0.25, 0.3) is 0 Å². The Morgan fingerprint density at radius 2 is 2.15 bits per heavy atom. The fraction of sp³-hybridized carbons (Fsp3) is 0.438. The average molecular weight is 270 g/mol. The summed E-state index contributed by atoms with van der Waals surface area (Å²) in [6, 6.07) is 10.7. The van der Waals surface area contributed by atoms with E-state index in [-0.39, 0.29) is 0 Å². The molecule has 2 heterocycles. The van der Waals surface area contributed by atoms with Crippen molar-refractivity contribution in [3.05, 3.63) is 48.3 Å². The van der Waals surface area contributed by atoms with E-state index >= 15 is 0 Å². The van der Waals surface area contributed by atoms with Gasteiger partial charge in [-0.1, -0.05) is 12.1 Å². The van der Waals surface area contributed by atoms with Crippen LogP contribution in [0.3, 0.4) is 0 Å². The van der Waals surface area contributed by atoms with E-state index in [0.717, 1.165) is 24.7 Å². The molecule has 4 heteroatoms. The van der Waals surface area contributed by atoms with Gasteiger partial charge in [-0.2, -0.15) is 5.10 Å². The van der Waals surface area contributed by atoms with Crippen molar-refractivity contribution in [3.8, 4) is 5.69 Å². The summed E-state index contributed by atoms with van der Waals surface area (Å²) in [5, 5.41) is 7.53. The third kappa shape index (κ3) is 3.08. The van der Waals surface area contributed by atoms with Crippen molar-refractivity contribution in [2.75, 3.05) is 26.7 Å². The number of likely N-dealkylation sites (tertiary alicyclic amines) is 1. The monoisotopic (exact) mass is 270 g/mol. The van der Waals surface area contributed by atoms with E-state index in [1.807, 2.05) is 24.0 Å². The molecule has 1 fully saturated rings. The quantitative estimate of drug-likeness (QED) is 0.901. The van der Waals surface area contributed by atoms with Gasteiger partial charge in [-0.15, -0.1) is 0 Å². The summed E-state index contributed by atoms with van der Waals surface area (Å²) in [6.07, 6.45) is 5.09. The standard InChI is InChI=1S/C16H22N4/c1-17-11-15-7-10-19(13-15)12-14-3-5-16(6-4-14)20-9-2-8-18-20/h2-6,8-9,15,17H,7,10-13H2,1H3. The molecule has 3 rings (SSSR count). The second kappa shape index (κ2) is 6.20. The number of nitrogens with zero attached hydrogens (tertiary/aromatic N) is 3. The first-order valence-corrected chi connectivity index (χ1v) is 7.31. The minimum atomic E-state index is 0.809. The molecule has 1 N–H and O–H groups in total. The van der Waals surface area contributed by atoms with Crippen LogP contribution in [0.2, 0.25) is 0 Å². The number of hydrogen-bond donors (Lipinski definition) is 1. The summed E-state index contributed by atoms with van der Waals surface area (Å²) in [5.74, 6) is 0.809. The van der Waals surface area contributed by atoms with Gasteiger partial charge in [-0.3, -0.25) is 4.90 Å². The van der Waals surface area contributed by atoms with Gasteiger partial charge in [-0.05, 0) is 56.2 Å². The van der Waals surface area contributed by atoms with Crippen LogP contribution >= 0.6 is 0 Å². The summed E-state index contributed by atoms with van der Waals surface area (Å²) in [7, 11) is 2.04. The third-order valence-corrected chi connectivity index (χ3v) is 3.97. The molecule has 1 aliphatic heterocycles. The largest absolute Gasteiger partial charge is 0.319 e. The summed E-state index contributed by atoms with van der Waals surface area (Å²) in [4.78, 5) is 2.55. The van der Waals surface area contributed by atoms with Gasteiger partial charge in [0.2, 0.25) is 0 Å². The molecule has 2 aromatic rings. The van der Waals surface area contributed by atoms with Crippen molar-refractivity contribution in [1.29, 1.82) is 0 Å². The second-order valence-electron chi connectivity index (χ2n) is 5.56. The lowest BCUT2D eigenvalue weighted by Crippen LogP contribution is -2.24. The highest BCUT2D eigenvalue weighted by atomic mass is 15.3. The van der Waals surface area contributed by atoms with Crippen molar-refractivity contribution in [1.82, 2.24) is 20.0 Å². The normalized spacial score (nSPS) is 19.6. The van der Waals surface area contributed by atoms with Crippen LogP contribution in [0.5, 0.6) is 0 Å². The van der Waals surface area contributed by atoms with E-state index in [1.54, 1.807) is 6.20 Å². The molecule has 1 aliphatic rings. The van der Waals surface area contributed by atoms with Crippen LogP contribution in [0, 0.1) is 5.92 Å². The molecule has 0 aliphatic carbocycles. The van der Waals surface area contributed by atoms with Crippen molar-refractivity contribution in [2.24, 2.45) is 5.92 Å². The maximum atomic E-state index is 4.25. The van der Waals surface area contributed by atoms with Crippen molar-refractivity contribution in [2.45, 2.75) is 13.0 Å². The predicted octanol–water partition coefficient (Wildman–Crippen LogP) is 1.91. The molecule has 0 spiro atoms. The molecular formula is C16H22N4.